The SMILES string of the molecule is CCCCC(=O)N1CCn2c(nc3ccccc32)C1. The molecule has 0 fully saturated rings. The van der Waals surface area contributed by atoms with E-state index in [2.05, 4.69) is 22.5 Å². The lowest BCUT2D eigenvalue weighted by Crippen LogP contribution is -2.38. The minimum atomic E-state index is 0.264. The Balaban J connectivity index is 1.82. The van der Waals surface area contributed by atoms with E-state index in [1.807, 2.05) is 23.1 Å². The quantitative estimate of drug-likeness (QED) is 0.847. The van der Waals surface area contributed by atoms with E-state index >= 15 is 0 Å². The van der Waals surface area contributed by atoms with Crippen LogP contribution in [0.25, 0.3) is 11.0 Å². The Morgan fingerprint density at radius 3 is 3.00 bits per heavy atom. The average Bonchev–Trinajstić information content (AvgIpc) is 2.82. The zero-order valence-corrected chi connectivity index (χ0v) is 11.3. The molecule has 19 heavy (non-hydrogen) atoms. The number of amides is 1. The van der Waals surface area contributed by atoms with E-state index in [0.717, 1.165) is 37.3 Å². The van der Waals surface area contributed by atoms with Crippen molar-refractivity contribution in [2.24, 2.45) is 0 Å². The van der Waals surface area contributed by atoms with Gasteiger partial charge in [-0.25, -0.2) is 4.98 Å². The summed E-state index contributed by atoms with van der Waals surface area (Å²) >= 11 is 0. The number of aromatic nitrogens is 2. The van der Waals surface area contributed by atoms with Crippen LogP contribution in [0.3, 0.4) is 0 Å². The molecule has 0 atom stereocenters. The van der Waals surface area contributed by atoms with Crippen LogP contribution >= 0.6 is 0 Å². The van der Waals surface area contributed by atoms with Gasteiger partial charge in [0.2, 0.25) is 5.91 Å². The van der Waals surface area contributed by atoms with Crippen LogP contribution < -0.4 is 0 Å². The molecule has 4 heteroatoms. The molecule has 1 aliphatic heterocycles. The molecule has 2 aromatic rings. The fourth-order valence-electron chi connectivity index (χ4n) is 2.67. The molecule has 1 amide bonds. The predicted molar refractivity (Wildman–Crippen MR) is 74.7 cm³/mol. The fourth-order valence-corrected chi connectivity index (χ4v) is 2.67. The second-order valence-corrected chi connectivity index (χ2v) is 5.09. The van der Waals surface area contributed by atoms with Gasteiger partial charge in [-0.2, -0.15) is 0 Å². The number of carbonyl (C=O) groups excluding carboxylic acids is 1. The van der Waals surface area contributed by atoms with E-state index in [-0.39, 0.29) is 5.91 Å². The molecular weight excluding hydrogens is 238 g/mol. The van der Waals surface area contributed by atoms with Gasteiger partial charge in [-0.1, -0.05) is 25.5 Å². The van der Waals surface area contributed by atoms with Crippen LogP contribution in [0.1, 0.15) is 32.0 Å². The van der Waals surface area contributed by atoms with Gasteiger partial charge in [0.05, 0.1) is 17.6 Å². The van der Waals surface area contributed by atoms with Crippen molar-refractivity contribution in [3.63, 3.8) is 0 Å². The molecule has 0 saturated heterocycles. The van der Waals surface area contributed by atoms with Gasteiger partial charge in [-0.05, 0) is 18.6 Å². The summed E-state index contributed by atoms with van der Waals surface area (Å²) in [6, 6.07) is 8.17. The maximum absolute atomic E-state index is 12.1. The molecule has 2 heterocycles. The van der Waals surface area contributed by atoms with Gasteiger partial charge < -0.3 is 9.47 Å². The van der Waals surface area contributed by atoms with Gasteiger partial charge in [0.25, 0.3) is 0 Å². The molecule has 0 bridgehead atoms. The van der Waals surface area contributed by atoms with Crippen molar-refractivity contribution in [2.75, 3.05) is 6.54 Å². The minimum Gasteiger partial charge on any atom is -0.333 e. The lowest BCUT2D eigenvalue weighted by atomic mass is 10.2. The molecule has 0 N–H and O–H groups in total. The average molecular weight is 257 g/mol. The van der Waals surface area contributed by atoms with E-state index in [0.29, 0.717) is 13.0 Å². The van der Waals surface area contributed by atoms with Crippen LogP contribution in [-0.2, 0) is 17.9 Å². The van der Waals surface area contributed by atoms with E-state index in [4.69, 9.17) is 0 Å². The largest absolute Gasteiger partial charge is 0.333 e. The molecule has 0 unspecified atom stereocenters. The second kappa shape index (κ2) is 5.03. The van der Waals surface area contributed by atoms with E-state index in [1.54, 1.807) is 0 Å². The van der Waals surface area contributed by atoms with Crippen LogP contribution in [0, 0.1) is 0 Å². The maximum atomic E-state index is 12.1. The number of rotatable bonds is 3. The first kappa shape index (κ1) is 12.2. The highest BCUT2D eigenvalue weighted by Crippen LogP contribution is 2.21. The molecule has 3 rings (SSSR count). The Kier molecular flexibility index (Phi) is 3.23. The van der Waals surface area contributed by atoms with E-state index in [9.17, 15) is 4.79 Å². The van der Waals surface area contributed by atoms with Crippen LogP contribution in [0.15, 0.2) is 24.3 Å². The smallest absolute Gasteiger partial charge is 0.223 e. The molecule has 1 aromatic carbocycles. The normalized spacial score (nSPS) is 14.7. The number of carbonyl (C=O) groups is 1. The van der Waals surface area contributed by atoms with E-state index in [1.165, 1.54) is 5.52 Å². The molecule has 0 aliphatic carbocycles. The summed E-state index contributed by atoms with van der Waals surface area (Å²) in [7, 11) is 0. The molecule has 4 nitrogen and oxygen atoms in total. The van der Waals surface area contributed by atoms with Crippen molar-refractivity contribution >= 4 is 16.9 Å². The molecule has 0 radical (unpaired) electrons. The first-order chi connectivity index (χ1) is 9.29. The van der Waals surface area contributed by atoms with Crippen molar-refractivity contribution in [3.8, 4) is 0 Å². The van der Waals surface area contributed by atoms with Crippen molar-refractivity contribution in [1.82, 2.24) is 14.5 Å². The van der Waals surface area contributed by atoms with Gasteiger partial charge in [0.1, 0.15) is 5.82 Å². The zero-order valence-electron chi connectivity index (χ0n) is 11.3. The third-order valence-corrected chi connectivity index (χ3v) is 3.76. The number of fused-ring (bicyclic) bond motifs is 3. The number of hydrogen-bond donors (Lipinski definition) is 0. The number of imidazole rings is 1. The topological polar surface area (TPSA) is 38.1 Å². The van der Waals surface area contributed by atoms with Gasteiger partial charge in [-0.15, -0.1) is 0 Å². The van der Waals surface area contributed by atoms with Crippen molar-refractivity contribution in [3.05, 3.63) is 30.1 Å². The lowest BCUT2D eigenvalue weighted by Gasteiger charge is -2.28. The van der Waals surface area contributed by atoms with Crippen molar-refractivity contribution < 1.29 is 4.79 Å². The van der Waals surface area contributed by atoms with Crippen LogP contribution in [0.4, 0.5) is 0 Å². The summed E-state index contributed by atoms with van der Waals surface area (Å²) < 4.78 is 2.24. The summed E-state index contributed by atoms with van der Waals surface area (Å²) in [5, 5.41) is 0. The van der Waals surface area contributed by atoms with Crippen molar-refractivity contribution in [1.29, 1.82) is 0 Å². The summed E-state index contributed by atoms with van der Waals surface area (Å²) in [4.78, 5) is 18.6. The summed E-state index contributed by atoms with van der Waals surface area (Å²) in [6.45, 7) is 4.42. The van der Waals surface area contributed by atoms with Crippen LogP contribution in [0.5, 0.6) is 0 Å². The molecule has 1 aliphatic rings. The predicted octanol–water partition coefficient (Wildman–Crippen LogP) is 2.57. The van der Waals surface area contributed by atoms with Gasteiger partial charge in [-0.3, -0.25) is 4.79 Å². The van der Waals surface area contributed by atoms with E-state index < -0.39 is 0 Å². The van der Waals surface area contributed by atoms with Crippen molar-refractivity contribution in [2.45, 2.75) is 39.3 Å². The molecule has 100 valence electrons. The summed E-state index contributed by atoms with van der Waals surface area (Å²) in [5.74, 6) is 1.28. The highest BCUT2D eigenvalue weighted by Gasteiger charge is 2.22. The third-order valence-electron chi connectivity index (χ3n) is 3.76. The summed E-state index contributed by atoms with van der Waals surface area (Å²) in [6.07, 6.45) is 2.71. The molecule has 0 saturated carbocycles. The Morgan fingerprint density at radius 1 is 1.32 bits per heavy atom. The number of benzene rings is 1. The highest BCUT2D eigenvalue weighted by atomic mass is 16.2. The monoisotopic (exact) mass is 257 g/mol. The number of para-hydroxylation sites is 2. The van der Waals surface area contributed by atoms with Crippen LogP contribution in [0.2, 0.25) is 0 Å². The second-order valence-electron chi connectivity index (χ2n) is 5.09. The minimum absolute atomic E-state index is 0.264. The zero-order chi connectivity index (χ0) is 13.2. The third kappa shape index (κ3) is 2.23. The first-order valence-electron chi connectivity index (χ1n) is 7.01. The Labute approximate surface area is 113 Å². The van der Waals surface area contributed by atoms with Gasteiger partial charge >= 0.3 is 0 Å². The Bertz CT molecular complexity index is 602. The highest BCUT2D eigenvalue weighted by molar-refractivity contribution is 5.78. The Morgan fingerprint density at radius 2 is 2.16 bits per heavy atom. The molecule has 0 spiro atoms. The number of unbranched alkanes of at least 4 members (excludes halogenated alkanes) is 1. The fraction of sp³-hybridized carbons (Fsp3) is 0.467. The standard InChI is InChI=1S/C15H19N3O/c1-2-3-8-15(19)17-9-10-18-13-7-5-4-6-12(13)16-14(18)11-17/h4-7H,2-3,8-11H2,1H3. The van der Waals surface area contributed by atoms with Gasteiger partial charge in [0.15, 0.2) is 0 Å². The van der Waals surface area contributed by atoms with Crippen LogP contribution in [-0.4, -0.2) is 26.9 Å². The first-order valence-corrected chi connectivity index (χ1v) is 7.01. The Hall–Kier alpha value is -1.84. The summed E-state index contributed by atoms with van der Waals surface area (Å²) in [5.41, 5.74) is 2.21. The number of nitrogens with zero attached hydrogens (tertiary/aromatic N) is 3. The molecule has 1 aromatic heterocycles. The number of hydrogen-bond acceptors (Lipinski definition) is 2. The molecular formula is C15H19N3O. The maximum Gasteiger partial charge on any atom is 0.223 e. The lowest BCUT2D eigenvalue weighted by molar-refractivity contribution is -0.132. The van der Waals surface area contributed by atoms with Gasteiger partial charge in [0, 0.05) is 19.5 Å².